The van der Waals surface area contributed by atoms with Crippen molar-refractivity contribution in [3.05, 3.63) is 35.9 Å². The number of aliphatic hydroxyl groups excluding tert-OH is 1. The number of aromatic nitrogens is 1. The number of hydrogen-bond donors (Lipinski definition) is 1. The van der Waals surface area contributed by atoms with Crippen molar-refractivity contribution in [2.24, 2.45) is 5.92 Å². The highest BCUT2D eigenvalue weighted by molar-refractivity contribution is 5.89. The number of nitrogens with zero attached hydrogens (tertiary/aromatic N) is 2. The molecule has 1 N–H and O–H groups in total. The number of benzene rings is 1. The molecule has 0 bridgehead atoms. The molecule has 0 spiro atoms. The van der Waals surface area contributed by atoms with Crippen molar-refractivity contribution < 1.29 is 14.6 Å². The summed E-state index contributed by atoms with van der Waals surface area (Å²) in [5.41, 5.74) is 1.03. The van der Waals surface area contributed by atoms with Crippen LogP contribution in [0.25, 0.3) is 10.9 Å². The molecule has 1 fully saturated rings. The van der Waals surface area contributed by atoms with E-state index in [-0.39, 0.29) is 12.7 Å². The third kappa shape index (κ3) is 4.03. The van der Waals surface area contributed by atoms with Gasteiger partial charge in [0.2, 0.25) is 0 Å². The minimum atomic E-state index is -0.542. The summed E-state index contributed by atoms with van der Waals surface area (Å²) in [4.78, 5) is 18.9. The van der Waals surface area contributed by atoms with E-state index in [4.69, 9.17) is 4.74 Å². The summed E-state index contributed by atoms with van der Waals surface area (Å²) in [6.45, 7) is 6.19. The molecule has 1 aromatic heterocycles. The summed E-state index contributed by atoms with van der Waals surface area (Å²) in [5.74, 6) is 1.12. The first-order chi connectivity index (χ1) is 11.4. The van der Waals surface area contributed by atoms with Crippen molar-refractivity contribution in [2.45, 2.75) is 45.8 Å². The third-order valence-corrected chi connectivity index (χ3v) is 3.95. The Balaban J connectivity index is 1.93. The van der Waals surface area contributed by atoms with E-state index in [9.17, 15) is 9.90 Å². The molecule has 1 amide bonds. The van der Waals surface area contributed by atoms with Crippen molar-refractivity contribution >= 4 is 22.8 Å². The Morgan fingerprint density at radius 3 is 2.62 bits per heavy atom. The lowest BCUT2D eigenvalue weighted by molar-refractivity contribution is 0.0577. The second-order valence-corrected chi connectivity index (χ2v) is 7.39. The molecule has 1 heterocycles. The molecule has 2 aromatic rings. The Hall–Kier alpha value is -2.14. The van der Waals surface area contributed by atoms with Crippen LogP contribution in [0, 0.1) is 5.92 Å². The van der Waals surface area contributed by atoms with E-state index >= 15 is 0 Å². The largest absolute Gasteiger partial charge is 0.443 e. The number of hydrogen-bond acceptors (Lipinski definition) is 4. The van der Waals surface area contributed by atoms with E-state index in [0.717, 1.165) is 29.3 Å². The van der Waals surface area contributed by atoms with Gasteiger partial charge in [-0.15, -0.1) is 0 Å². The Bertz CT molecular complexity index is 748. The zero-order chi connectivity index (χ0) is 17.3. The van der Waals surface area contributed by atoms with Gasteiger partial charge in [0, 0.05) is 11.9 Å². The zero-order valence-corrected chi connectivity index (χ0v) is 14.5. The van der Waals surface area contributed by atoms with Crippen molar-refractivity contribution in [3.63, 3.8) is 0 Å². The number of aliphatic hydroxyl groups is 1. The number of fused-ring (bicyclic) bond motifs is 1. The second-order valence-electron chi connectivity index (χ2n) is 7.39. The Morgan fingerprint density at radius 1 is 1.29 bits per heavy atom. The van der Waals surface area contributed by atoms with E-state index in [2.05, 4.69) is 4.98 Å². The Morgan fingerprint density at radius 2 is 2.00 bits per heavy atom. The van der Waals surface area contributed by atoms with Gasteiger partial charge in [-0.05, 0) is 63.3 Å². The SMILES string of the molecule is CC(C)(C)OC(=O)N(CC1CC1)c1ccc2ccc(CO)cc2n1. The van der Waals surface area contributed by atoms with E-state index in [1.807, 2.05) is 51.1 Å². The fourth-order valence-electron chi connectivity index (χ4n) is 2.54. The topological polar surface area (TPSA) is 62.7 Å². The molecular weight excluding hydrogens is 304 g/mol. The zero-order valence-electron chi connectivity index (χ0n) is 14.5. The third-order valence-electron chi connectivity index (χ3n) is 3.95. The van der Waals surface area contributed by atoms with Crippen LogP contribution >= 0.6 is 0 Å². The number of pyridine rings is 1. The average molecular weight is 328 g/mol. The van der Waals surface area contributed by atoms with E-state index in [0.29, 0.717) is 18.3 Å². The number of amides is 1. The van der Waals surface area contributed by atoms with Gasteiger partial charge in [0.25, 0.3) is 0 Å². The summed E-state index contributed by atoms with van der Waals surface area (Å²) < 4.78 is 5.55. The van der Waals surface area contributed by atoms with Crippen LogP contribution in [0.5, 0.6) is 0 Å². The average Bonchev–Trinajstić information content (AvgIpc) is 3.34. The van der Waals surface area contributed by atoms with Crippen LogP contribution in [-0.2, 0) is 11.3 Å². The first kappa shape index (κ1) is 16.7. The first-order valence-corrected chi connectivity index (χ1v) is 8.37. The maximum atomic E-state index is 12.6. The van der Waals surface area contributed by atoms with Crippen LogP contribution < -0.4 is 4.90 Å². The molecule has 1 aromatic carbocycles. The van der Waals surface area contributed by atoms with Gasteiger partial charge in [-0.2, -0.15) is 0 Å². The predicted molar refractivity (Wildman–Crippen MR) is 94.0 cm³/mol. The van der Waals surface area contributed by atoms with Gasteiger partial charge < -0.3 is 9.84 Å². The molecule has 5 nitrogen and oxygen atoms in total. The molecule has 1 saturated carbocycles. The van der Waals surface area contributed by atoms with E-state index in [1.54, 1.807) is 4.90 Å². The number of ether oxygens (including phenoxy) is 1. The predicted octanol–water partition coefficient (Wildman–Crippen LogP) is 3.88. The summed E-state index contributed by atoms with van der Waals surface area (Å²) in [6.07, 6.45) is 1.92. The smallest absolute Gasteiger partial charge is 0.416 e. The number of anilines is 1. The van der Waals surface area contributed by atoms with E-state index in [1.165, 1.54) is 0 Å². The summed E-state index contributed by atoms with van der Waals surface area (Å²) in [7, 11) is 0. The van der Waals surface area contributed by atoms with Crippen molar-refractivity contribution in [1.82, 2.24) is 4.98 Å². The van der Waals surface area contributed by atoms with Crippen molar-refractivity contribution in [2.75, 3.05) is 11.4 Å². The molecule has 0 radical (unpaired) electrons. The molecule has 128 valence electrons. The fourth-order valence-corrected chi connectivity index (χ4v) is 2.54. The number of rotatable bonds is 4. The highest BCUT2D eigenvalue weighted by Gasteiger charge is 2.31. The van der Waals surface area contributed by atoms with Crippen LogP contribution in [0.2, 0.25) is 0 Å². The molecule has 0 aliphatic heterocycles. The Labute approximate surface area is 142 Å². The summed E-state index contributed by atoms with van der Waals surface area (Å²) in [5, 5.41) is 10.3. The minimum Gasteiger partial charge on any atom is -0.443 e. The van der Waals surface area contributed by atoms with E-state index < -0.39 is 5.60 Å². The van der Waals surface area contributed by atoms with Crippen LogP contribution in [-0.4, -0.2) is 28.3 Å². The van der Waals surface area contributed by atoms with Crippen LogP contribution in [0.4, 0.5) is 10.6 Å². The molecule has 24 heavy (non-hydrogen) atoms. The van der Waals surface area contributed by atoms with Gasteiger partial charge in [-0.3, -0.25) is 4.90 Å². The fraction of sp³-hybridized carbons (Fsp3) is 0.474. The van der Waals surface area contributed by atoms with Gasteiger partial charge in [0.1, 0.15) is 11.4 Å². The quantitative estimate of drug-likeness (QED) is 0.925. The molecule has 1 aliphatic rings. The monoisotopic (exact) mass is 328 g/mol. The van der Waals surface area contributed by atoms with Crippen LogP contribution in [0.3, 0.4) is 0 Å². The summed E-state index contributed by atoms with van der Waals surface area (Å²) >= 11 is 0. The normalized spacial score (nSPS) is 14.7. The molecular formula is C19H24N2O3. The van der Waals surface area contributed by atoms with Gasteiger partial charge in [-0.1, -0.05) is 12.1 Å². The highest BCUT2D eigenvalue weighted by atomic mass is 16.6. The molecule has 5 heteroatoms. The molecule has 0 saturated heterocycles. The second kappa shape index (κ2) is 6.40. The molecule has 1 aliphatic carbocycles. The number of carbonyl (C=O) groups excluding carboxylic acids is 1. The van der Waals surface area contributed by atoms with Gasteiger partial charge in [-0.25, -0.2) is 9.78 Å². The molecule has 3 rings (SSSR count). The maximum Gasteiger partial charge on any atom is 0.416 e. The lowest BCUT2D eigenvalue weighted by Crippen LogP contribution is -2.38. The lowest BCUT2D eigenvalue weighted by Gasteiger charge is -2.27. The first-order valence-electron chi connectivity index (χ1n) is 8.37. The standard InChI is InChI=1S/C19H24N2O3/c1-19(2,3)24-18(23)21(11-13-4-5-13)17-9-8-15-7-6-14(12-22)10-16(15)20-17/h6-10,13,22H,4-5,11-12H2,1-3H3. The number of carbonyl (C=O) groups is 1. The van der Waals surface area contributed by atoms with Crippen molar-refractivity contribution in [3.8, 4) is 0 Å². The maximum absolute atomic E-state index is 12.6. The van der Waals surface area contributed by atoms with Gasteiger partial charge >= 0.3 is 6.09 Å². The van der Waals surface area contributed by atoms with Gasteiger partial charge in [0.15, 0.2) is 0 Å². The van der Waals surface area contributed by atoms with Crippen molar-refractivity contribution in [1.29, 1.82) is 0 Å². The van der Waals surface area contributed by atoms with Crippen LogP contribution in [0.15, 0.2) is 30.3 Å². The molecule has 0 atom stereocenters. The van der Waals surface area contributed by atoms with Crippen LogP contribution in [0.1, 0.15) is 39.2 Å². The Kier molecular flexibility index (Phi) is 4.45. The highest BCUT2D eigenvalue weighted by Crippen LogP contribution is 2.32. The van der Waals surface area contributed by atoms with Gasteiger partial charge in [0.05, 0.1) is 12.1 Å². The summed E-state index contributed by atoms with van der Waals surface area (Å²) in [6, 6.07) is 9.45. The molecule has 0 unspecified atom stereocenters. The minimum absolute atomic E-state index is 0.0281. The lowest BCUT2D eigenvalue weighted by atomic mass is 10.1.